The van der Waals surface area contributed by atoms with Crippen LogP contribution in [0, 0.1) is 13.8 Å². The Hall–Kier alpha value is -2.66. The van der Waals surface area contributed by atoms with Crippen molar-refractivity contribution in [1.82, 2.24) is 4.57 Å². The van der Waals surface area contributed by atoms with Crippen LogP contribution in [-0.2, 0) is 7.05 Å². The van der Waals surface area contributed by atoms with Gasteiger partial charge in [-0.25, -0.2) is 0 Å². The van der Waals surface area contributed by atoms with Crippen LogP contribution in [-0.4, -0.2) is 17.1 Å². The lowest BCUT2D eigenvalue weighted by atomic mass is 10.1. The lowest BCUT2D eigenvalue weighted by molar-refractivity contribution is 0.0998. The van der Waals surface area contributed by atoms with E-state index in [1.165, 1.54) is 11.3 Å². The lowest BCUT2D eigenvalue weighted by Gasteiger charge is -2.07. The number of hydrogen-bond donors (Lipinski definition) is 0. The third kappa shape index (κ3) is 3.78. The normalized spacial score (nSPS) is 11.6. The van der Waals surface area contributed by atoms with E-state index in [-0.39, 0.29) is 5.91 Å². The Bertz CT molecular complexity index is 998. The van der Waals surface area contributed by atoms with E-state index in [1.807, 2.05) is 74.9 Å². The van der Waals surface area contributed by atoms with Crippen LogP contribution in [0.25, 0.3) is 11.3 Å². The van der Waals surface area contributed by atoms with Gasteiger partial charge in [0.25, 0.3) is 5.91 Å². The molecule has 3 rings (SSSR count). The number of amides is 1. The smallest absolute Gasteiger partial charge is 0.279 e. The van der Waals surface area contributed by atoms with Crippen molar-refractivity contribution < 1.29 is 9.53 Å². The molecule has 1 aromatic heterocycles. The number of carbonyl (C=O) groups is 1. The largest absolute Gasteiger partial charge is 0.494 e. The molecule has 26 heavy (non-hydrogen) atoms. The molecular formula is C21H22N2O2S. The molecule has 1 amide bonds. The van der Waals surface area contributed by atoms with Crippen molar-refractivity contribution in [2.75, 3.05) is 6.61 Å². The fourth-order valence-corrected chi connectivity index (χ4v) is 3.87. The third-order valence-corrected chi connectivity index (χ3v) is 5.15. The first-order chi connectivity index (χ1) is 12.5. The molecule has 3 aromatic rings. The van der Waals surface area contributed by atoms with Crippen molar-refractivity contribution in [1.29, 1.82) is 0 Å². The summed E-state index contributed by atoms with van der Waals surface area (Å²) in [4.78, 5) is 18.7. The monoisotopic (exact) mass is 366 g/mol. The van der Waals surface area contributed by atoms with E-state index >= 15 is 0 Å². The number of hydrogen-bond acceptors (Lipinski definition) is 3. The van der Waals surface area contributed by atoms with E-state index in [0.717, 1.165) is 27.4 Å². The second kappa shape index (κ2) is 7.70. The van der Waals surface area contributed by atoms with Gasteiger partial charge in [-0.1, -0.05) is 17.7 Å². The number of ether oxygens (including phenoxy) is 1. The molecule has 0 fully saturated rings. The van der Waals surface area contributed by atoms with Crippen LogP contribution in [0.3, 0.4) is 0 Å². The van der Waals surface area contributed by atoms with Gasteiger partial charge in [-0.15, -0.1) is 11.3 Å². The van der Waals surface area contributed by atoms with Crippen LogP contribution >= 0.6 is 11.3 Å². The summed E-state index contributed by atoms with van der Waals surface area (Å²) in [6.45, 7) is 6.63. The van der Waals surface area contributed by atoms with E-state index in [1.54, 1.807) is 6.07 Å². The van der Waals surface area contributed by atoms with E-state index in [9.17, 15) is 4.79 Å². The minimum atomic E-state index is -0.219. The molecule has 5 heteroatoms. The summed E-state index contributed by atoms with van der Waals surface area (Å²) in [6.07, 6.45) is 0. The average Bonchev–Trinajstić information content (AvgIpc) is 2.89. The summed E-state index contributed by atoms with van der Waals surface area (Å²) < 4.78 is 7.48. The maximum Gasteiger partial charge on any atom is 0.279 e. The number of rotatable bonds is 4. The van der Waals surface area contributed by atoms with Crippen molar-refractivity contribution >= 4 is 17.2 Å². The fraction of sp³-hybridized carbons (Fsp3) is 0.238. The van der Waals surface area contributed by atoms with Gasteiger partial charge in [0.05, 0.1) is 12.3 Å². The molecule has 4 nitrogen and oxygen atoms in total. The van der Waals surface area contributed by atoms with Gasteiger partial charge in [-0.05, 0) is 62.7 Å². The predicted molar refractivity (Wildman–Crippen MR) is 106 cm³/mol. The number of benzene rings is 2. The van der Waals surface area contributed by atoms with Gasteiger partial charge in [0.1, 0.15) is 5.75 Å². The summed E-state index contributed by atoms with van der Waals surface area (Å²) in [6, 6.07) is 15.5. The number of carbonyl (C=O) groups excluding carboxylic acids is 1. The van der Waals surface area contributed by atoms with Crippen LogP contribution in [0.2, 0.25) is 0 Å². The topological polar surface area (TPSA) is 43.6 Å². The SMILES string of the molecule is CCOc1ccc(-c2c(C)sc(=NC(=O)c3cccc(C)c3)n2C)cc1. The summed E-state index contributed by atoms with van der Waals surface area (Å²) in [5.74, 6) is 0.634. The summed E-state index contributed by atoms with van der Waals surface area (Å²) in [5.41, 5.74) is 3.80. The second-order valence-corrected chi connectivity index (χ2v) is 7.27. The van der Waals surface area contributed by atoms with Crippen molar-refractivity contribution in [3.63, 3.8) is 0 Å². The predicted octanol–water partition coefficient (Wildman–Crippen LogP) is 4.51. The number of thiazole rings is 1. The lowest BCUT2D eigenvalue weighted by Crippen LogP contribution is -2.14. The van der Waals surface area contributed by atoms with Crippen LogP contribution in [0.5, 0.6) is 5.75 Å². The van der Waals surface area contributed by atoms with Gasteiger partial charge < -0.3 is 9.30 Å². The Morgan fingerprint density at radius 2 is 1.88 bits per heavy atom. The number of aromatic nitrogens is 1. The Morgan fingerprint density at radius 3 is 2.54 bits per heavy atom. The Kier molecular flexibility index (Phi) is 5.38. The van der Waals surface area contributed by atoms with Gasteiger partial charge in [0, 0.05) is 17.5 Å². The van der Waals surface area contributed by atoms with Gasteiger partial charge in [-0.2, -0.15) is 4.99 Å². The number of aryl methyl sites for hydroxylation is 2. The third-order valence-electron chi connectivity index (χ3n) is 4.10. The zero-order valence-corrected chi connectivity index (χ0v) is 16.3. The van der Waals surface area contributed by atoms with Gasteiger partial charge in [-0.3, -0.25) is 4.79 Å². The van der Waals surface area contributed by atoms with Crippen LogP contribution in [0.15, 0.2) is 53.5 Å². The Balaban J connectivity index is 1.98. The van der Waals surface area contributed by atoms with Crippen LogP contribution < -0.4 is 9.54 Å². The van der Waals surface area contributed by atoms with E-state index in [2.05, 4.69) is 4.99 Å². The van der Waals surface area contributed by atoms with Crippen molar-refractivity contribution in [3.8, 4) is 17.0 Å². The highest BCUT2D eigenvalue weighted by Crippen LogP contribution is 2.26. The first kappa shape index (κ1) is 18.1. The molecule has 0 saturated heterocycles. The van der Waals surface area contributed by atoms with Crippen LogP contribution in [0.1, 0.15) is 27.7 Å². The maximum absolute atomic E-state index is 12.5. The summed E-state index contributed by atoms with van der Waals surface area (Å²) in [7, 11) is 1.94. The van der Waals surface area contributed by atoms with Crippen LogP contribution in [0.4, 0.5) is 0 Å². The minimum Gasteiger partial charge on any atom is -0.494 e. The van der Waals surface area contributed by atoms with E-state index in [4.69, 9.17) is 4.74 Å². The van der Waals surface area contributed by atoms with Crippen molar-refractivity contribution in [2.24, 2.45) is 12.0 Å². The molecule has 0 aliphatic heterocycles. The molecule has 134 valence electrons. The zero-order valence-electron chi connectivity index (χ0n) is 15.4. The van der Waals surface area contributed by atoms with Gasteiger partial charge >= 0.3 is 0 Å². The first-order valence-electron chi connectivity index (χ1n) is 8.55. The molecule has 0 atom stereocenters. The maximum atomic E-state index is 12.5. The molecule has 0 N–H and O–H groups in total. The molecule has 0 unspecified atom stereocenters. The van der Waals surface area contributed by atoms with E-state index in [0.29, 0.717) is 17.0 Å². The quantitative estimate of drug-likeness (QED) is 0.682. The summed E-state index contributed by atoms with van der Waals surface area (Å²) >= 11 is 1.52. The average molecular weight is 366 g/mol. The molecule has 0 radical (unpaired) electrons. The Morgan fingerprint density at radius 1 is 1.15 bits per heavy atom. The Labute approximate surface area is 157 Å². The van der Waals surface area contributed by atoms with Gasteiger partial charge in [0.2, 0.25) is 0 Å². The van der Waals surface area contributed by atoms with Gasteiger partial charge in [0.15, 0.2) is 4.80 Å². The highest BCUT2D eigenvalue weighted by atomic mass is 32.1. The molecule has 1 heterocycles. The fourth-order valence-electron chi connectivity index (χ4n) is 2.89. The molecule has 0 aliphatic carbocycles. The zero-order chi connectivity index (χ0) is 18.7. The van der Waals surface area contributed by atoms with E-state index < -0.39 is 0 Å². The molecule has 0 saturated carbocycles. The summed E-state index contributed by atoms with van der Waals surface area (Å²) in [5, 5.41) is 0. The molecular weight excluding hydrogens is 344 g/mol. The highest BCUT2D eigenvalue weighted by Gasteiger charge is 2.12. The molecule has 0 aliphatic rings. The molecule has 0 spiro atoms. The van der Waals surface area contributed by atoms with Crippen molar-refractivity contribution in [3.05, 3.63) is 69.3 Å². The minimum absolute atomic E-state index is 0.219. The first-order valence-corrected chi connectivity index (χ1v) is 9.36. The number of nitrogens with zero attached hydrogens (tertiary/aromatic N) is 2. The second-order valence-electron chi connectivity index (χ2n) is 6.09. The standard InChI is InChI=1S/C21H22N2O2S/c1-5-25-18-11-9-16(10-12-18)19-15(3)26-21(23(19)4)22-20(24)17-8-6-7-14(2)13-17/h6-13H,5H2,1-4H3. The molecule has 2 aromatic carbocycles. The highest BCUT2D eigenvalue weighted by molar-refractivity contribution is 7.09. The van der Waals surface area contributed by atoms with Crippen molar-refractivity contribution in [2.45, 2.75) is 20.8 Å². The molecule has 0 bridgehead atoms.